The summed E-state index contributed by atoms with van der Waals surface area (Å²) < 4.78 is 70.1. The van der Waals surface area contributed by atoms with Crippen LogP contribution < -0.4 is 4.90 Å². The molecule has 0 radical (unpaired) electrons. The molecule has 1 aliphatic carbocycles. The van der Waals surface area contributed by atoms with Gasteiger partial charge in [0.05, 0.1) is 52.0 Å². The molecule has 11 nitrogen and oxygen atoms in total. The molecular formula is C32H36ClN3O8S3. The van der Waals surface area contributed by atoms with Crippen molar-refractivity contribution in [3.8, 4) is 0 Å². The van der Waals surface area contributed by atoms with Crippen molar-refractivity contribution in [2.45, 2.75) is 54.9 Å². The Kier molecular flexibility index (Phi) is 9.68. The minimum Gasteiger partial charge on any atom is -0.384 e. The highest BCUT2D eigenvalue weighted by Crippen LogP contribution is 2.50. The van der Waals surface area contributed by atoms with Crippen LogP contribution in [-0.4, -0.2) is 71.4 Å². The second-order valence-corrected chi connectivity index (χ2v) is 17.0. The van der Waals surface area contributed by atoms with Gasteiger partial charge in [-0.05, 0) is 81.5 Å². The van der Waals surface area contributed by atoms with Crippen LogP contribution in [0.1, 0.15) is 41.7 Å². The van der Waals surface area contributed by atoms with Crippen LogP contribution >= 0.6 is 22.9 Å². The highest BCUT2D eigenvalue weighted by molar-refractivity contribution is 7.87. The van der Waals surface area contributed by atoms with Crippen LogP contribution in [-0.2, 0) is 38.9 Å². The third-order valence-corrected chi connectivity index (χ3v) is 12.9. The lowest BCUT2D eigenvalue weighted by Crippen LogP contribution is -2.43. The van der Waals surface area contributed by atoms with Gasteiger partial charge < -0.3 is 14.7 Å². The Balaban J connectivity index is 1.26. The lowest BCUT2D eigenvalue weighted by molar-refractivity contribution is -0.0600. The number of morpholine rings is 1. The molecule has 0 amide bonds. The quantitative estimate of drug-likeness (QED) is 0.167. The number of aliphatic hydroxyl groups is 1. The van der Waals surface area contributed by atoms with Gasteiger partial charge in [0.1, 0.15) is 0 Å². The van der Waals surface area contributed by atoms with Crippen molar-refractivity contribution in [2.75, 3.05) is 44.4 Å². The molecule has 0 atom stereocenters. The zero-order valence-corrected chi connectivity index (χ0v) is 29.2. The molecule has 1 N–H and O–H groups in total. The molecule has 2 aromatic carbocycles. The summed E-state index contributed by atoms with van der Waals surface area (Å²) in [6.07, 6.45) is 0.867. The molecule has 3 heterocycles. The predicted molar refractivity (Wildman–Crippen MR) is 179 cm³/mol. The van der Waals surface area contributed by atoms with E-state index in [2.05, 4.69) is 14.9 Å². The molecule has 252 valence electrons. The average molecular weight is 722 g/mol. The number of fused-ring (bicyclic) bond motifs is 1. The second-order valence-electron chi connectivity index (χ2n) is 12.3. The van der Waals surface area contributed by atoms with Crippen molar-refractivity contribution >= 4 is 59.2 Å². The number of anilines is 1. The Hall–Kier alpha value is -2.69. The van der Waals surface area contributed by atoms with Crippen molar-refractivity contribution in [2.24, 2.45) is 5.41 Å². The number of hydrogen-bond donors (Lipinski definition) is 1. The maximum Gasteiger partial charge on any atom is 0.296 e. The number of ether oxygens (including phenoxy) is 1. The number of aryl methyl sites for hydroxylation is 2. The van der Waals surface area contributed by atoms with Crippen molar-refractivity contribution < 1.29 is 35.0 Å². The molecule has 0 spiro atoms. The van der Waals surface area contributed by atoms with Crippen molar-refractivity contribution in [3.63, 3.8) is 0 Å². The number of nitrogens with zero attached hydrogens (tertiary/aromatic N) is 3. The van der Waals surface area contributed by atoms with E-state index in [0.29, 0.717) is 42.5 Å². The summed E-state index contributed by atoms with van der Waals surface area (Å²) in [5.41, 5.74) is 0.105. The van der Waals surface area contributed by atoms with Gasteiger partial charge in [-0.2, -0.15) is 21.8 Å². The maximum atomic E-state index is 13.2. The molecule has 1 saturated carbocycles. The highest BCUT2D eigenvalue weighted by Gasteiger charge is 2.46. The first kappa shape index (κ1) is 34.2. The van der Waals surface area contributed by atoms with Crippen LogP contribution in [0, 0.1) is 19.3 Å². The summed E-state index contributed by atoms with van der Waals surface area (Å²) in [6.45, 7) is 5.49. The summed E-state index contributed by atoms with van der Waals surface area (Å²) in [5.74, 6) is 0.692. The number of halogens is 1. The fraction of sp³-hybridized carbons (Fsp3) is 0.438. The Bertz CT molecular complexity index is 1870. The Morgan fingerprint density at radius 3 is 1.87 bits per heavy atom. The minimum atomic E-state index is -4.15. The summed E-state index contributed by atoms with van der Waals surface area (Å²) in [6, 6.07) is 14.4. The van der Waals surface area contributed by atoms with Crippen molar-refractivity contribution in [3.05, 3.63) is 75.9 Å². The third-order valence-electron chi connectivity index (χ3n) is 8.89. The number of thiophene rings is 1. The van der Waals surface area contributed by atoms with E-state index < -0.39 is 31.3 Å². The first-order valence-corrected chi connectivity index (χ1v) is 19.2. The molecule has 2 aliphatic rings. The molecule has 2 aromatic heterocycles. The smallest absolute Gasteiger partial charge is 0.296 e. The monoisotopic (exact) mass is 721 g/mol. The van der Waals surface area contributed by atoms with E-state index >= 15 is 0 Å². The SMILES string of the molecule is Cc1ccc(S(=O)(=O)OCC2(COS(=O)(=O)c3ccc(C)cc3)CCC(O)(c3cc4nc(Cl)nc(N5CCOCC5)c4s3)CC2)cc1. The minimum absolute atomic E-state index is 0.000113. The average Bonchev–Trinajstić information content (AvgIpc) is 3.50. The van der Waals surface area contributed by atoms with E-state index in [1.807, 2.05) is 19.9 Å². The first-order chi connectivity index (χ1) is 22.3. The van der Waals surface area contributed by atoms with E-state index in [1.54, 1.807) is 24.3 Å². The Morgan fingerprint density at radius 1 is 0.851 bits per heavy atom. The maximum absolute atomic E-state index is 13.2. The topological polar surface area (TPSA) is 145 Å². The van der Waals surface area contributed by atoms with E-state index in [9.17, 15) is 21.9 Å². The second kappa shape index (κ2) is 13.3. The van der Waals surface area contributed by atoms with Crippen LogP contribution in [0.15, 0.2) is 64.4 Å². The molecule has 0 bridgehead atoms. The van der Waals surface area contributed by atoms with Crippen molar-refractivity contribution in [1.29, 1.82) is 0 Å². The van der Waals surface area contributed by atoms with E-state index in [1.165, 1.54) is 35.6 Å². The summed E-state index contributed by atoms with van der Waals surface area (Å²) >= 11 is 7.69. The van der Waals surface area contributed by atoms with Crippen LogP contribution in [0.3, 0.4) is 0 Å². The van der Waals surface area contributed by atoms with Crippen molar-refractivity contribution in [1.82, 2.24) is 9.97 Å². The normalized spacial score (nSPS) is 18.4. The van der Waals surface area contributed by atoms with Gasteiger partial charge in [-0.3, -0.25) is 8.37 Å². The molecule has 4 aromatic rings. The van der Waals surface area contributed by atoms with E-state index in [0.717, 1.165) is 15.8 Å². The summed E-state index contributed by atoms with van der Waals surface area (Å²) in [5, 5.41) is 12.1. The van der Waals surface area contributed by atoms with Crippen LogP contribution in [0.25, 0.3) is 10.2 Å². The van der Waals surface area contributed by atoms with Gasteiger partial charge in [0, 0.05) is 23.4 Å². The predicted octanol–water partition coefficient (Wildman–Crippen LogP) is 5.36. The fourth-order valence-corrected chi connectivity index (χ4v) is 9.28. The summed E-state index contributed by atoms with van der Waals surface area (Å²) in [4.78, 5) is 11.7. The molecule has 6 rings (SSSR count). The van der Waals surface area contributed by atoms with Crippen LogP contribution in [0.4, 0.5) is 5.82 Å². The zero-order chi connectivity index (χ0) is 33.5. The molecule has 0 unspecified atom stereocenters. The molecule has 1 aliphatic heterocycles. The molecule has 2 fully saturated rings. The van der Waals surface area contributed by atoms with E-state index in [4.69, 9.17) is 24.7 Å². The van der Waals surface area contributed by atoms with Crippen LogP contribution in [0.5, 0.6) is 0 Å². The fourth-order valence-electron chi connectivity index (χ4n) is 5.83. The van der Waals surface area contributed by atoms with Gasteiger partial charge in [-0.25, -0.2) is 4.98 Å². The van der Waals surface area contributed by atoms with Gasteiger partial charge in [-0.1, -0.05) is 35.4 Å². The highest BCUT2D eigenvalue weighted by atomic mass is 35.5. The zero-order valence-electron chi connectivity index (χ0n) is 26.0. The number of aromatic nitrogens is 2. The van der Waals surface area contributed by atoms with E-state index in [-0.39, 0.29) is 54.0 Å². The number of benzene rings is 2. The lowest BCUT2D eigenvalue weighted by atomic mass is 9.69. The molecule has 15 heteroatoms. The van der Waals surface area contributed by atoms with Gasteiger partial charge in [0.2, 0.25) is 5.28 Å². The molecule has 47 heavy (non-hydrogen) atoms. The lowest BCUT2D eigenvalue weighted by Gasteiger charge is -2.43. The Morgan fingerprint density at radius 2 is 1.36 bits per heavy atom. The Labute approximate surface area is 283 Å². The van der Waals surface area contributed by atoms with Crippen LogP contribution in [0.2, 0.25) is 5.28 Å². The third kappa shape index (κ3) is 7.49. The van der Waals surface area contributed by atoms with Gasteiger partial charge >= 0.3 is 0 Å². The van der Waals surface area contributed by atoms with Gasteiger partial charge in [0.15, 0.2) is 5.82 Å². The van der Waals surface area contributed by atoms with Gasteiger partial charge in [0.25, 0.3) is 20.2 Å². The largest absolute Gasteiger partial charge is 0.384 e. The number of hydrogen-bond acceptors (Lipinski definition) is 12. The van der Waals surface area contributed by atoms with Gasteiger partial charge in [-0.15, -0.1) is 11.3 Å². The summed E-state index contributed by atoms with van der Waals surface area (Å²) in [7, 11) is -8.30. The number of rotatable bonds is 10. The molecular weight excluding hydrogens is 686 g/mol. The standard InChI is InChI=1S/C32H36ClN3O8S3/c1-22-3-7-24(8-4-22)46(38,39)43-20-31(21-44-47(40,41)25-9-5-23(2)6-10-25)11-13-32(37,14-12-31)27-19-26-28(45-27)29(35-30(33)34-26)36-15-17-42-18-16-36/h3-10,19,37H,11-18,20-21H2,1-2H3. The first-order valence-electron chi connectivity index (χ1n) is 15.2. The molecule has 1 saturated heterocycles.